The van der Waals surface area contributed by atoms with E-state index >= 15 is 0 Å². The van der Waals surface area contributed by atoms with Gasteiger partial charge in [0.15, 0.2) is 6.61 Å². The molecule has 3 rings (SSSR count). The maximum atomic E-state index is 13.2. The Balaban J connectivity index is 1.70. The third-order valence-corrected chi connectivity index (χ3v) is 5.79. The van der Waals surface area contributed by atoms with Gasteiger partial charge in [-0.3, -0.25) is 9.52 Å². The largest absolute Gasteiger partial charge is 0.497 e. The predicted octanol–water partition coefficient (Wildman–Crippen LogP) is 3.96. The SMILES string of the molecule is COc1ccc(NS(=O)(=O)c2cc(NC(=O)COc3cccc(F)c3)ccc2C)cc1. The van der Waals surface area contributed by atoms with Crippen molar-refractivity contribution in [2.75, 3.05) is 23.8 Å². The molecule has 3 aromatic rings. The number of nitrogens with one attached hydrogen (secondary N) is 2. The quantitative estimate of drug-likeness (QED) is 0.549. The number of hydrogen-bond donors (Lipinski definition) is 2. The van der Waals surface area contributed by atoms with Crippen molar-refractivity contribution in [1.82, 2.24) is 0 Å². The fourth-order valence-electron chi connectivity index (χ4n) is 2.74. The fraction of sp³-hybridized carbons (Fsp3) is 0.136. The van der Waals surface area contributed by atoms with Gasteiger partial charge in [-0.15, -0.1) is 0 Å². The predicted molar refractivity (Wildman–Crippen MR) is 116 cm³/mol. The van der Waals surface area contributed by atoms with E-state index in [0.29, 0.717) is 17.0 Å². The molecule has 0 saturated heterocycles. The van der Waals surface area contributed by atoms with Crippen LogP contribution in [0.3, 0.4) is 0 Å². The molecule has 2 N–H and O–H groups in total. The molecule has 31 heavy (non-hydrogen) atoms. The lowest BCUT2D eigenvalue weighted by Crippen LogP contribution is -2.21. The van der Waals surface area contributed by atoms with Crippen LogP contribution in [-0.4, -0.2) is 28.0 Å². The van der Waals surface area contributed by atoms with Gasteiger partial charge in [0.1, 0.15) is 17.3 Å². The van der Waals surface area contributed by atoms with Crippen LogP contribution >= 0.6 is 0 Å². The summed E-state index contributed by atoms with van der Waals surface area (Å²) in [5.41, 5.74) is 1.17. The van der Waals surface area contributed by atoms with Gasteiger partial charge in [0.05, 0.1) is 12.0 Å². The summed E-state index contributed by atoms with van der Waals surface area (Å²) in [6.45, 7) is 1.30. The summed E-state index contributed by atoms with van der Waals surface area (Å²) in [6.07, 6.45) is 0. The standard InChI is InChI=1S/C22H21FN2O5S/c1-15-6-7-18(24-22(26)14-30-20-5-3-4-16(23)12-20)13-21(15)31(27,28)25-17-8-10-19(29-2)11-9-17/h3-13,25H,14H2,1-2H3,(H,24,26). The van der Waals surface area contributed by atoms with E-state index in [4.69, 9.17) is 9.47 Å². The van der Waals surface area contributed by atoms with Crippen LogP contribution in [0.2, 0.25) is 0 Å². The third kappa shape index (κ3) is 5.95. The average Bonchev–Trinajstić information content (AvgIpc) is 2.74. The van der Waals surface area contributed by atoms with Crippen LogP contribution in [0.4, 0.5) is 15.8 Å². The lowest BCUT2D eigenvalue weighted by Gasteiger charge is -2.13. The van der Waals surface area contributed by atoms with Crippen molar-refractivity contribution in [2.24, 2.45) is 0 Å². The van der Waals surface area contributed by atoms with Crippen molar-refractivity contribution < 1.29 is 27.1 Å². The van der Waals surface area contributed by atoms with Crippen molar-refractivity contribution >= 4 is 27.3 Å². The molecule has 0 aromatic heterocycles. The molecule has 9 heteroatoms. The molecule has 0 aliphatic carbocycles. The second-order valence-corrected chi connectivity index (χ2v) is 8.26. The fourth-order valence-corrected chi connectivity index (χ4v) is 4.07. The van der Waals surface area contributed by atoms with Gasteiger partial charge >= 0.3 is 0 Å². The van der Waals surface area contributed by atoms with Gasteiger partial charge < -0.3 is 14.8 Å². The summed E-state index contributed by atoms with van der Waals surface area (Å²) < 4.78 is 51.7. The number of rotatable bonds is 8. The van der Waals surface area contributed by atoms with E-state index < -0.39 is 21.7 Å². The van der Waals surface area contributed by atoms with Crippen LogP contribution in [0.15, 0.2) is 71.6 Å². The molecular weight excluding hydrogens is 423 g/mol. The molecular formula is C22H21FN2O5S. The number of anilines is 2. The number of sulfonamides is 1. The topological polar surface area (TPSA) is 93.7 Å². The zero-order valence-corrected chi connectivity index (χ0v) is 17.7. The first kappa shape index (κ1) is 22.1. The van der Waals surface area contributed by atoms with E-state index in [1.807, 2.05) is 0 Å². The Labute approximate surface area is 179 Å². The molecule has 162 valence electrons. The second-order valence-electron chi connectivity index (χ2n) is 6.61. The van der Waals surface area contributed by atoms with Gasteiger partial charge in [-0.25, -0.2) is 12.8 Å². The monoisotopic (exact) mass is 444 g/mol. The smallest absolute Gasteiger partial charge is 0.262 e. The van der Waals surface area contributed by atoms with E-state index in [1.54, 1.807) is 43.3 Å². The molecule has 0 spiro atoms. The lowest BCUT2D eigenvalue weighted by molar-refractivity contribution is -0.118. The third-order valence-electron chi connectivity index (χ3n) is 4.27. The second kappa shape index (κ2) is 9.48. The lowest BCUT2D eigenvalue weighted by atomic mass is 10.2. The van der Waals surface area contributed by atoms with Crippen LogP contribution in [0.1, 0.15) is 5.56 Å². The first-order valence-electron chi connectivity index (χ1n) is 9.22. The molecule has 7 nitrogen and oxygen atoms in total. The average molecular weight is 444 g/mol. The van der Waals surface area contributed by atoms with E-state index in [1.165, 1.54) is 31.4 Å². The Hall–Kier alpha value is -3.59. The highest BCUT2D eigenvalue weighted by molar-refractivity contribution is 7.92. The number of amides is 1. The van der Waals surface area contributed by atoms with Gasteiger partial charge in [-0.05, 0) is 61.0 Å². The summed E-state index contributed by atoms with van der Waals surface area (Å²) in [5, 5.41) is 2.58. The summed E-state index contributed by atoms with van der Waals surface area (Å²) in [6, 6.07) is 16.4. The van der Waals surface area contributed by atoms with Crippen LogP contribution < -0.4 is 19.5 Å². The van der Waals surface area contributed by atoms with Gasteiger partial charge in [0.25, 0.3) is 15.9 Å². The van der Waals surface area contributed by atoms with Crippen LogP contribution in [0.5, 0.6) is 11.5 Å². The van der Waals surface area contributed by atoms with Crippen molar-refractivity contribution in [3.8, 4) is 11.5 Å². The Morgan fingerprint density at radius 3 is 2.35 bits per heavy atom. The zero-order valence-electron chi connectivity index (χ0n) is 16.9. The first-order chi connectivity index (χ1) is 14.8. The van der Waals surface area contributed by atoms with Gasteiger partial charge in [-0.2, -0.15) is 0 Å². The maximum Gasteiger partial charge on any atom is 0.262 e. The molecule has 3 aromatic carbocycles. The first-order valence-corrected chi connectivity index (χ1v) is 10.7. The minimum atomic E-state index is -3.90. The van der Waals surface area contributed by atoms with E-state index in [0.717, 1.165) is 6.07 Å². The van der Waals surface area contributed by atoms with Crippen molar-refractivity contribution in [3.63, 3.8) is 0 Å². The summed E-state index contributed by atoms with van der Waals surface area (Å²) in [7, 11) is -2.38. The summed E-state index contributed by atoms with van der Waals surface area (Å²) >= 11 is 0. The maximum absolute atomic E-state index is 13.2. The van der Waals surface area contributed by atoms with Crippen LogP contribution in [0, 0.1) is 12.7 Å². The summed E-state index contributed by atoms with van der Waals surface area (Å²) in [5.74, 6) is -0.175. The highest BCUT2D eigenvalue weighted by Gasteiger charge is 2.18. The van der Waals surface area contributed by atoms with Crippen molar-refractivity contribution in [1.29, 1.82) is 0 Å². The molecule has 0 atom stereocenters. The summed E-state index contributed by atoms with van der Waals surface area (Å²) in [4.78, 5) is 12.2. The molecule has 0 bridgehead atoms. The molecule has 0 unspecified atom stereocenters. The number of hydrogen-bond acceptors (Lipinski definition) is 5. The van der Waals surface area contributed by atoms with Gasteiger partial charge in [0.2, 0.25) is 0 Å². The van der Waals surface area contributed by atoms with Crippen LogP contribution in [0.25, 0.3) is 0 Å². The number of methoxy groups -OCH3 is 1. The normalized spacial score (nSPS) is 10.9. The molecule has 0 fully saturated rings. The van der Waals surface area contributed by atoms with Gasteiger partial charge in [-0.1, -0.05) is 12.1 Å². The molecule has 0 aliphatic heterocycles. The molecule has 0 heterocycles. The number of benzene rings is 3. The molecule has 0 saturated carbocycles. The van der Waals surface area contributed by atoms with Crippen molar-refractivity contribution in [2.45, 2.75) is 11.8 Å². The highest BCUT2D eigenvalue weighted by Crippen LogP contribution is 2.24. The Bertz CT molecular complexity index is 1180. The Morgan fingerprint density at radius 2 is 1.68 bits per heavy atom. The minimum Gasteiger partial charge on any atom is -0.497 e. The number of aryl methyl sites for hydroxylation is 1. The van der Waals surface area contributed by atoms with E-state index in [2.05, 4.69) is 10.0 Å². The minimum absolute atomic E-state index is 0.0205. The van der Waals surface area contributed by atoms with E-state index in [9.17, 15) is 17.6 Å². The van der Waals surface area contributed by atoms with E-state index in [-0.39, 0.29) is 22.9 Å². The van der Waals surface area contributed by atoms with Crippen molar-refractivity contribution in [3.05, 3.63) is 78.1 Å². The highest BCUT2D eigenvalue weighted by atomic mass is 32.2. The zero-order chi connectivity index (χ0) is 22.4. The number of halogens is 1. The number of carbonyl (C=O) groups excluding carboxylic acids is 1. The Kier molecular flexibility index (Phi) is 6.76. The Morgan fingerprint density at radius 1 is 0.968 bits per heavy atom. The number of ether oxygens (including phenoxy) is 2. The molecule has 1 amide bonds. The van der Waals surface area contributed by atoms with Crippen LogP contribution in [-0.2, 0) is 14.8 Å². The van der Waals surface area contributed by atoms with Gasteiger partial charge in [0, 0.05) is 17.4 Å². The number of carbonyl (C=O) groups is 1. The molecule has 0 radical (unpaired) electrons. The molecule has 0 aliphatic rings.